The lowest BCUT2D eigenvalue weighted by Crippen LogP contribution is -2.53. The molecule has 1 unspecified atom stereocenters. The molecule has 1 fully saturated rings. The fourth-order valence-corrected chi connectivity index (χ4v) is 4.57. The minimum Gasteiger partial charge on any atom is -0.337 e. The van der Waals surface area contributed by atoms with E-state index in [4.69, 9.17) is 0 Å². The van der Waals surface area contributed by atoms with E-state index < -0.39 is 0 Å². The fraction of sp³-hybridized carbons (Fsp3) is 0.458. The summed E-state index contributed by atoms with van der Waals surface area (Å²) < 4.78 is 1.90. The minimum absolute atomic E-state index is 0.228. The number of carbonyl (C=O) groups is 1. The van der Waals surface area contributed by atoms with Crippen molar-refractivity contribution in [3.63, 3.8) is 0 Å². The van der Waals surface area contributed by atoms with Crippen LogP contribution in [0.2, 0.25) is 0 Å². The molecule has 1 aliphatic rings. The number of hydrogen-bond donors (Lipinski definition) is 0. The lowest BCUT2D eigenvalue weighted by atomic mass is 10.0. The number of rotatable bonds is 5. The van der Waals surface area contributed by atoms with Crippen LogP contribution < -0.4 is 0 Å². The van der Waals surface area contributed by atoms with E-state index in [2.05, 4.69) is 58.0 Å². The zero-order chi connectivity index (χ0) is 21.3. The second kappa shape index (κ2) is 8.56. The van der Waals surface area contributed by atoms with E-state index in [0.717, 1.165) is 54.5 Å². The van der Waals surface area contributed by atoms with Crippen LogP contribution in [-0.2, 0) is 17.8 Å². The van der Waals surface area contributed by atoms with Crippen molar-refractivity contribution in [3.8, 4) is 0 Å². The van der Waals surface area contributed by atoms with Crippen LogP contribution >= 0.6 is 0 Å². The van der Waals surface area contributed by atoms with Crippen molar-refractivity contribution in [2.45, 2.75) is 53.1 Å². The highest BCUT2D eigenvalue weighted by molar-refractivity contribution is 5.77. The quantitative estimate of drug-likeness (QED) is 0.653. The largest absolute Gasteiger partial charge is 0.337 e. The Hall–Kier alpha value is -2.73. The number of piperazine rings is 1. The first-order chi connectivity index (χ1) is 14.4. The van der Waals surface area contributed by atoms with E-state index in [1.54, 1.807) is 0 Å². The molecule has 1 atom stereocenters. The van der Waals surface area contributed by atoms with E-state index in [-0.39, 0.29) is 11.9 Å². The van der Waals surface area contributed by atoms with E-state index in [1.807, 2.05) is 30.5 Å². The molecule has 3 aromatic rings. The van der Waals surface area contributed by atoms with Gasteiger partial charge in [0.05, 0.1) is 5.69 Å². The van der Waals surface area contributed by atoms with Gasteiger partial charge in [-0.25, -0.2) is 9.50 Å². The van der Waals surface area contributed by atoms with Crippen molar-refractivity contribution >= 4 is 11.6 Å². The third-order valence-electron chi connectivity index (χ3n) is 6.16. The van der Waals surface area contributed by atoms with Crippen LogP contribution in [0.1, 0.15) is 41.6 Å². The van der Waals surface area contributed by atoms with Crippen LogP contribution in [0.25, 0.3) is 5.65 Å². The highest BCUT2D eigenvalue weighted by atomic mass is 16.2. The maximum atomic E-state index is 13.0. The number of fused-ring (bicyclic) bond motifs is 1. The number of benzene rings is 1. The minimum atomic E-state index is 0.228. The molecule has 0 spiro atoms. The monoisotopic (exact) mass is 405 g/mol. The average Bonchev–Trinajstić information content (AvgIpc) is 3.09. The van der Waals surface area contributed by atoms with Crippen molar-refractivity contribution in [1.29, 1.82) is 0 Å². The molecule has 0 saturated carbocycles. The fourth-order valence-electron chi connectivity index (χ4n) is 4.57. The molecule has 0 aliphatic carbocycles. The first kappa shape index (κ1) is 20.5. The van der Waals surface area contributed by atoms with Crippen LogP contribution in [0.5, 0.6) is 0 Å². The third kappa shape index (κ3) is 4.24. The van der Waals surface area contributed by atoms with Gasteiger partial charge in [-0.15, -0.1) is 0 Å². The third-order valence-corrected chi connectivity index (χ3v) is 6.16. The van der Waals surface area contributed by atoms with Gasteiger partial charge < -0.3 is 4.90 Å². The van der Waals surface area contributed by atoms with Gasteiger partial charge in [-0.3, -0.25) is 9.69 Å². The van der Waals surface area contributed by atoms with Gasteiger partial charge >= 0.3 is 0 Å². The summed E-state index contributed by atoms with van der Waals surface area (Å²) in [7, 11) is 0. The Bertz CT molecular complexity index is 1040. The summed E-state index contributed by atoms with van der Waals surface area (Å²) in [6.45, 7) is 11.8. The molecule has 4 rings (SSSR count). The standard InChI is InChI=1S/C24H31N5O/c1-17-14-23-25-19(3)22(20(4)29(23)26-17)10-11-24(30)28-13-12-27(15-18(28)2)16-21-8-6-5-7-9-21/h5-9,14,18H,10-13,15-16H2,1-4H3. The number of aryl methyl sites for hydroxylation is 3. The van der Waals surface area contributed by atoms with Gasteiger partial charge in [-0.2, -0.15) is 5.10 Å². The van der Waals surface area contributed by atoms with Crippen molar-refractivity contribution in [3.05, 3.63) is 64.6 Å². The molecule has 1 saturated heterocycles. The number of aromatic nitrogens is 3. The second-order valence-electron chi connectivity index (χ2n) is 8.47. The Morgan fingerprint density at radius 3 is 2.63 bits per heavy atom. The normalized spacial score (nSPS) is 17.6. The smallest absolute Gasteiger partial charge is 0.223 e. The molecule has 6 nitrogen and oxygen atoms in total. The SMILES string of the molecule is Cc1cc2nc(C)c(CCC(=O)N3CCN(Cc4ccccc4)CC3C)c(C)n2n1. The lowest BCUT2D eigenvalue weighted by Gasteiger charge is -2.40. The Kier molecular flexibility index (Phi) is 5.86. The zero-order valence-electron chi connectivity index (χ0n) is 18.4. The molecule has 30 heavy (non-hydrogen) atoms. The topological polar surface area (TPSA) is 53.7 Å². The van der Waals surface area contributed by atoms with Crippen molar-refractivity contribution in [2.24, 2.45) is 0 Å². The highest BCUT2D eigenvalue weighted by Gasteiger charge is 2.27. The molecular weight excluding hydrogens is 374 g/mol. The Labute approximate surface area is 178 Å². The van der Waals surface area contributed by atoms with E-state index in [9.17, 15) is 4.79 Å². The van der Waals surface area contributed by atoms with Crippen LogP contribution in [0.4, 0.5) is 0 Å². The molecule has 0 bridgehead atoms. The van der Waals surface area contributed by atoms with Crippen molar-refractivity contribution in [2.75, 3.05) is 19.6 Å². The summed E-state index contributed by atoms with van der Waals surface area (Å²) in [4.78, 5) is 22.2. The Morgan fingerprint density at radius 2 is 1.90 bits per heavy atom. The Morgan fingerprint density at radius 1 is 1.13 bits per heavy atom. The average molecular weight is 406 g/mol. The molecule has 1 aliphatic heterocycles. The van der Waals surface area contributed by atoms with Crippen LogP contribution in [0.15, 0.2) is 36.4 Å². The predicted molar refractivity (Wildman–Crippen MR) is 118 cm³/mol. The first-order valence-electron chi connectivity index (χ1n) is 10.8. The highest BCUT2D eigenvalue weighted by Crippen LogP contribution is 2.19. The number of carbonyl (C=O) groups excluding carboxylic acids is 1. The summed E-state index contributed by atoms with van der Waals surface area (Å²) in [5.74, 6) is 0.234. The summed E-state index contributed by atoms with van der Waals surface area (Å²) in [5.41, 5.74) is 6.37. The predicted octanol–water partition coefficient (Wildman–Crippen LogP) is 3.32. The summed E-state index contributed by atoms with van der Waals surface area (Å²) in [6.07, 6.45) is 1.22. The number of nitrogens with zero attached hydrogens (tertiary/aromatic N) is 5. The van der Waals surface area contributed by atoms with Gasteiger partial charge in [0.15, 0.2) is 5.65 Å². The van der Waals surface area contributed by atoms with Crippen molar-refractivity contribution in [1.82, 2.24) is 24.4 Å². The summed E-state index contributed by atoms with van der Waals surface area (Å²) in [6, 6.07) is 12.8. The van der Waals surface area contributed by atoms with E-state index in [1.165, 1.54) is 5.56 Å². The molecular formula is C24H31N5O. The van der Waals surface area contributed by atoms with Gasteiger partial charge in [0.2, 0.25) is 5.91 Å². The second-order valence-corrected chi connectivity index (χ2v) is 8.47. The summed E-state index contributed by atoms with van der Waals surface area (Å²) in [5, 5.41) is 4.54. The lowest BCUT2D eigenvalue weighted by molar-refractivity contribution is -0.135. The maximum absolute atomic E-state index is 13.0. The molecule has 6 heteroatoms. The van der Waals surface area contributed by atoms with Gasteiger partial charge in [0, 0.05) is 56.1 Å². The summed E-state index contributed by atoms with van der Waals surface area (Å²) >= 11 is 0. The van der Waals surface area contributed by atoms with Crippen LogP contribution in [-0.4, -0.2) is 56.0 Å². The maximum Gasteiger partial charge on any atom is 0.223 e. The number of amides is 1. The molecule has 158 valence electrons. The van der Waals surface area contributed by atoms with Gasteiger partial charge in [-0.05, 0) is 45.2 Å². The Balaban J connectivity index is 1.37. The first-order valence-corrected chi connectivity index (χ1v) is 10.8. The molecule has 1 aromatic carbocycles. The molecule has 1 amide bonds. The van der Waals surface area contributed by atoms with Crippen LogP contribution in [0.3, 0.4) is 0 Å². The molecule has 3 heterocycles. The molecule has 2 aromatic heterocycles. The molecule has 0 N–H and O–H groups in total. The zero-order valence-corrected chi connectivity index (χ0v) is 18.4. The van der Waals surface area contributed by atoms with Gasteiger partial charge in [0.1, 0.15) is 0 Å². The molecule has 0 radical (unpaired) electrons. The van der Waals surface area contributed by atoms with Gasteiger partial charge in [-0.1, -0.05) is 30.3 Å². The van der Waals surface area contributed by atoms with E-state index in [0.29, 0.717) is 12.8 Å². The van der Waals surface area contributed by atoms with E-state index >= 15 is 0 Å². The van der Waals surface area contributed by atoms with Crippen LogP contribution in [0, 0.1) is 20.8 Å². The number of hydrogen-bond acceptors (Lipinski definition) is 4. The van der Waals surface area contributed by atoms with Crippen molar-refractivity contribution < 1.29 is 4.79 Å². The van der Waals surface area contributed by atoms with Gasteiger partial charge in [0.25, 0.3) is 0 Å².